The minimum Gasteiger partial charge on any atom is -0.242 e. The molecule has 1 aliphatic heterocycles. The molecule has 0 saturated heterocycles. The van der Waals surface area contributed by atoms with E-state index in [1.165, 1.54) is 10.4 Å². The third-order valence-electron chi connectivity index (χ3n) is 2.53. The molecule has 0 unspecified atom stereocenters. The Morgan fingerprint density at radius 1 is 1.06 bits per heavy atom. The van der Waals surface area contributed by atoms with E-state index in [1.807, 2.05) is 6.07 Å². The van der Waals surface area contributed by atoms with Crippen LogP contribution in [0.25, 0.3) is 6.08 Å². The van der Waals surface area contributed by atoms with Gasteiger partial charge in [-0.05, 0) is 35.2 Å². The van der Waals surface area contributed by atoms with E-state index in [1.54, 1.807) is 23.1 Å². The Morgan fingerprint density at radius 2 is 2.00 bits per heavy atom. The molecule has 1 aromatic heterocycles. The standard InChI is InChI=1S/C14H11NS2/c1-2-6-13-11(4-1)10-17-14(15-13)8-7-12-5-3-9-16-12/h1-9H,10H2/b8-7+. The second-order valence-corrected chi connectivity index (χ2v) is 5.69. The molecular formula is C14H11NS2. The molecule has 3 heteroatoms. The van der Waals surface area contributed by atoms with Crippen LogP contribution in [0.3, 0.4) is 0 Å². The average molecular weight is 257 g/mol. The van der Waals surface area contributed by atoms with Gasteiger partial charge in [0.1, 0.15) is 0 Å². The molecule has 0 fully saturated rings. The summed E-state index contributed by atoms with van der Waals surface area (Å²) in [7, 11) is 0. The molecule has 1 nitrogen and oxygen atoms in total. The molecule has 17 heavy (non-hydrogen) atoms. The summed E-state index contributed by atoms with van der Waals surface area (Å²) in [5.41, 5.74) is 2.43. The zero-order valence-corrected chi connectivity index (χ0v) is 10.8. The minimum atomic E-state index is 1.02. The smallest absolute Gasteiger partial charge is 0.0970 e. The van der Waals surface area contributed by atoms with Crippen LogP contribution >= 0.6 is 23.1 Å². The molecule has 1 aromatic carbocycles. The second kappa shape index (κ2) is 4.90. The maximum atomic E-state index is 4.64. The zero-order chi connectivity index (χ0) is 11.5. The molecule has 0 atom stereocenters. The number of rotatable bonds is 2. The van der Waals surface area contributed by atoms with Gasteiger partial charge in [-0.25, -0.2) is 4.99 Å². The summed E-state index contributed by atoms with van der Waals surface area (Å²) in [6.07, 6.45) is 4.23. The van der Waals surface area contributed by atoms with Crippen LogP contribution in [0.4, 0.5) is 5.69 Å². The minimum absolute atomic E-state index is 1.02. The summed E-state index contributed by atoms with van der Waals surface area (Å²) >= 11 is 3.54. The van der Waals surface area contributed by atoms with Crippen LogP contribution in [0.2, 0.25) is 0 Å². The van der Waals surface area contributed by atoms with Crippen LogP contribution in [0.5, 0.6) is 0 Å². The Balaban J connectivity index is 1.85. The van der Waals surface area contributed by atoms with Crippen molar-refractivity contribution < 1.29 is 0 Å². The van der Waals surface area contributed by atoms with Gasteiger partial charge in [-0.15, -0.1) is 23.1 Å². The maximum Gasteiger partial charge on any atom is 0.0970 e. The number of benzene rings is 1. The second-order valence-electron chi connectivity index (χ2n) is 3.72. The van der Waals surface area contributed by atoms with E-state index in [0.29, 0.717) is 0 Å². The molecule has 0 amide bonds. The number of aliphatic imine (C=N–C) groups is 1. The van der Waals surface area contributed by atoms with Crippen molar-refractivity contribution in [1.29, 1.82) is 0 Å². The molecule has 0 bridgehead atoms. The van der Waals surface area contributed by atoms with Crippen molar-refractivity contribution >= 4 is 39.9 Å². The average Bonchev–Trinajstić information content (AvgIpc) is 2.89. The Labute approximate surface area is 109 Å². The summed E-state index contributed by atoms with van der Waals surface area (Å²) in [6.45, 7) is 0. The lowest BCUT2D eigenvalue weighted by molar-refractivity contribution is 1.36. The summed E-state index contributed by atoms with van der Waals surface area (Å²) in [5, 5.41) is 3.18. The fraction of sp³-hybridized carbons (Fsp3) is 0.0714. The first-order chi connectivity index (χ1) is 8.42. The van der Waals surface area contributed by atoms with Gasteiger partial charge in [0.15, 0.2) is 0 Å². The van der Waals surface area contributed by atoms with E-state index in [0.717, 1.165) is 16.5 Å². The van der Waals surface area contributed by atoms with Crippen molar-refractivity contribution in [2.24, 2.45) is 4.99 Å². The molecule has 2 aromatic rings. The number of fused-ring (bicyclic) bond motifs is 1. The lowest BCUT2D eigenvalue weighted by Crippen LogP contribution is -1.95. The highest BCUT2D eigenvalue weighted by molar-refractivity contribution is 8.13. The zero-order valence-electron chi connectivity index (χ0n) is 9.17. The predicted octanol–water partition coefficient (Wildman–Crippen LogP) is 4.74. The monoisotopic (exact) mass is 257 g/mol. The van der Waals surface area contributed by atoms with Gasteiger partial charge >= 0.3 is 0 Å². The van der Waals surface area contributed by atoms with Gasteiger partial charge in [-0.2, -0.15) is 0 Å². The summed E-state index contributed by atoms with van der Waals surface area (Å²) < 4.78 is 0. The molecule has 0 radical (unpaired) electrons. The Bertz CT molecular complexity index is 568. The molecule has 3 rings (SSSR count). The van der Waals surface area contributed by atoms with Gasteiger partial charge < -0.3 is 0 Å². The quantitative estimate of drug-likeness (QED) is 0.757. The fourth-order valence-electron chi connectivity index (χ4n) is 1.67. The summed E-state index contributed by atoms with van der Waals surface area (Å²) in [5.74, 6) is 1.02. The van der Waals surface area contributed by atoms with E-state index in [9.17, 15) is 0 Å². The lowest BCUT2D eigenvalue weighted by Gasteiger charge is -2.11. The van der Waals surface area contributed by atoms with Crippen LogP contribution in [-0.4, -0.2) is 5.04 Å². The van der Waals surface area contributed by atoms with Crippen molar-refractivity contribution in [3.63, 3.8) is 0 Å². The number of thiophene rings is 1. The Kier molecular flexibility index (Phi) is 3.12. The van der Waals surface area contributed by atoms with Gasteiger partial charge in [0, 0.05) is 10.6 Å². The van der Waals surface area contributed by atoms with Crippen LogP contribution in [0.1, 0.15) is 10.4 Å². The van der Waals surface area contributed by atoms with Crippen molar-refractivity contribution in [3.05, 3.63) is 58.3 Å². The Morgan fingerprint density at radius 3 is 2.88 bits per heavy atom. The van der Waals surface area contributed by atoms with Crippen LogP contribution in [0.15, 0.2) is 52.8 Å². The van der Waals surface area contributed by atoms with Crippen molar-refractivity contribution in [2.75, 3.05) is 0 Å². The van der Waals surface area contributed by atoms with E-state index >= 15 is 0 Å². The van der Waals surface area contributed by atoms with E-state index < -0.39 is 0 Å². The van der Waals surface area contributed by atoms with Gasteiger partial charge in [-0.1, -0.05) is 24.3 Å². The highest BCUT2D eigenvalue weighted by Gasteiger charge is 2.09. The number of hydrogen-bond donors (Lipinski definition) is 0. The van der Waals surface area contributed by atoms with Gasteiger partial charge in [-0.3, -0.25) is 0 Å². The predicted molar refractivity (Wildman–Crippen MR) is 78.2 cm³/mol. The SMILES string of the molecule is C(=C\c1cccs1)/C1=Nc2ccccc2CS1. The van der Waals surface area contributed by atoms with Crippen molar-refractivity contribution in [2.45, 2.75) is 5.75 Å². The molecule has 1 aliphatic rings. The summed E-state index contributed by atoms with van der Waals surface area (Å²) in [6, 6.07) is 12.5. The molecule has 2 heterocycles. The first-order valence-electron chi connectivity index (χ1n) is 5.43. The number of nitrogens with zero attached hydrogens (tertiary/aromatic N) is 1. The van der Waals surface area contributed by atoms with Gasteiger partial charge in [0.05, 0.1) is 10.7 Å². The molecule has 0 saturated carbocycles. The molecule has 0 N–H and O–H groups in total. The van der Waals surface area contributed by atoms with E-state index in [-0.39, 0.29) is 0 Å². The highest BCUT2D eigenvalue weighted by atomic mass is 32.2. The molecule has 0 spiro atoms. The molecule has 0 aliphatic carbocycles. The molecular weight excluding hydrogens is 246 g/mol. The molecule has 84 valence electrons. The first kappa shape index (κ1) is 10.8. The normalized spacial score (nSPS) is 14.7. The largest absolute Gasteiger partial charge is 0.242 e. The number of para-hydroxylation sites is 1. The van der Waals surface area contributed by atoms with Crippen molar-refractivity contribution in [3.8, 4) is 0 Å². The number of hydrogen-bond acceptors (Lipinski definition) is 3. The number of thioether (sulfide) groups is 1. The lowest BCUT2D eigenvalue weighted by atomic mass is 10.2. The Hall–Kier alpha value is -1.32. The van der Waals surface area contributed by atoms with Crippen LogP contribution in [-0.2, 0) is 5.75 Å². The highest BCUT2D eigenvalue weighted by Crippen LogP contribution is 2.31. The van der Waals surface area contributed by atoms with Crippen LogP contribution in [0, 0.1) is 0 Å². The first-order valence-corrected chi connectivity index (χ1v) is 7.29. The maximum absolute atomic E-state index is 4.64. The third-order valence-corrected chi connectivity index (χ3v) is 4.35. The topological polar surface area (TPSA) is 12.4 Å². The van der Waals surface area contributed by atoms with Crippen molar-refractivity contribution in [1.82, 2.24) is 0 Å². The fourth-order valence-corrected chi connectivity index (χ4v) is 3.16. The summed E-state index contributed by atoms with van der Waals surface area (Å²) in [4.78, 5) is 5.91. The van der Waals surface area contributed by atoms with Gasteiger partial charge in [0.2, 0.25) is 0 Å². The van der Waals surface area contributed by atoms with Gasteiger partial charge in [0.25, 0.3) is 0 Å². The van der Waals surface area contributed by atoms with E-state index in [4.69, 9.17) is 0 Å². The van der Waals surface area contributed by atoms with Crippen LogP contribution < -0.4 is 0 Å². The van der Waals surface area contributed by atoms with E-state index in [2.05, 4.69) is 52.9 Å². The third kappa shape index (κ3) is 2.51.